The molecule has 0 bridgehead atoms. The first kappa shape index (κ1) is 16.5. The normalized spacial score (nSPS) is 16.7. The quantitative estimate of drug-likeness (QED) is 0.860. The number of rotatable bonds is 3. The Kier molecular flexibility index (Phi) is 4.48. The van der Waals surface area contributed by atoms with E-state index in [9.17, 15) is 8.42 Å². The van der Waals surface area contributed by atoms with E-state index in [1.54, 1.807) is 18.2 Å². The van der Waals surface area contributed by atoms with Crippen molar-refractivity contribution in [2.24, 2.45) is 0 Å². The first-order valence-electron chi connectivity index (χ1n) is 7.42. The van der Waals surface area contributed by atoms with Crippen LogP contribution >= 0.6 is 15.9 Å². The van der Waals surface area contributed by atoms with Crippen molar-refractivity contribution in [1.82, 2.24) is 14.5 Å². The molecular formula is C15H19BrN4O2S. The number of piperazine rings is 1. The standard InChI is InChI=1S/C15H19BrN4O2S/c1-11-15(12(2)18-17-11)23(21,22)20-9-7-19(8-10-20)14-5-3-13(16)4-6-14/h3-6H,7-10H2,1-2H3,(H,17,18). The molecule has 8 heteroatoms. The second-order valence-corrected chi connectivity index (χ2v) is 8.42. The van der Waals surface area contributed by atoms with Gasteiger partial charge in [0.05, 0.1) is 11.4 Å². The number of H-pyrrole nitrogens is 1. The summed E-state index contributed by atoms with van der Waals surface area (Å²) in [6.07, 6.45) is 0. The average molecular weight is 399 g/mol. The van der Waals surface area contributed by atoms with E-state index in [1.807, 2.05) is 24.3 Å². The first-order chi connectivity index (χ1) is 10.9. The van der Waals surface area contributed by atoms with E-state index >= 15 is 0 Å². The number of aromatic amines is 1. The number of anilines is 1. The molecule has 1 aromatic carbocycles. The Bertz CT molecular complexity index is 774. The van der Waals surface area contributed by atoms with Crippen molar-refractivity contribution >= 4 is 31.6 Å². The van der Waals surface area contributed by atoms with Crippen molar-refractivity contribution in [2.75, 3.05) is 31.1 Å². The van der Waals surface area contributed by atoms with Crippen LogP contribution < -0.4 is 4.90 Å². The average Bonchev–Trinajstić information content (AvgIpc) is 2.88. The molecule has 0 aliphatic carbocycles. The highest BCUT2D eigenvalue weighted by Crippen LogP contribution is 2.25. The van der Waals surface area contributed by atoms with E-state index in [0.29, 0.717) is 42.5 Å². The fourth-order valence-electron chi connectivity index (χ4n) is 2.89. The lowest BCUT2D eigenvalue weighted by molar-refractivity contribution is 0.384. The molecule has 3 rings (SSSR count). The highest BCUT2D eigenvalue weighted by molar-refractivity contribution is 9.10. The van der Waals surface area contributed by atoms with Gasteiger partial charge in [0, 0.05) is 36.3 Å². The molecule has 0 amide bonds. The summed E-state index contributed by atoms with van der Waals surface area (Å²) in [5, 5.41) is 6.75. The van der Waals surface area contributed by atoms with Gasteiger partial charge in [0.1, 0.15) is 4.90 Å². The van der Waals surface area contributed by atoms with Crippen LogP contribution in [-0.4, -0.2) is 49.1 Å². The van der Waals surface area contributed by atoms with E-state index in [0.717, 1.165) is 10.2 Å². The van der Waals surface area contributed by atoms with Gasteiger partial charge in [0.2, 0.25) is 10.0 Å². The molecule has 0 radical (unpaired) electrons. The van der Waals surface area contributed by atoms with Gasteiger partial charge in [-0.15, -0.1) is 0 Å². The summed E-state index contributed by atoms with van der Waals surface area (Å²) in [6.45, 7) is 5.76. The third-order valence-corrected chi connectivity index (χ3v) is 6.78. The van der Waals surface area contributed by atoms with Gasteiger partial charge in [-0.05, 0) is 38.1 Å². The molecule has 0 atom stereocenters. The molecule has 1 N–H and O–H groups in total. The van der Waals surface area contributed by atoms with E-state index in [4.69, 9.17) is 0 Å². The Hall–Kier alpha value is -1.38. The molecule has 23 heavy (non-hydrogen) atoms. The van der Waals surface area contributed by atoms with Gasteiger partial charge in [-0.3, -0.25) is 5.10 Å². The highest BCUT2D eigenvalue weighted by atomic mass is 79.9. The van der Waals surface area contributed by atoms with Crippen LogP contribution in [0.2, 0.25) is 0 Å². The molecule has 1 aliphatic rings. The van der Waals surface area contributed by atoms with Crippen LogP contribution in [0.3, 0.4) is 0 Å². The van der Waals surface area contributed by atoms with Crippen molar-refractivity contribution in [1.29, 1.82) is 0 Å². The largest absolute Gasteiger partial charge is 0.369 e. The maximum absolute atomic E-state index is 12.8. The van der Waals surface area contributed by atoms with Gasteiger partial charge in [0.25, 0.3) is 0 Å². The van der Waals surface area contributed by atoms with Crippen LogP contribution in [0.5, 0.6) is 0 Å². The van der Waals surface area contributed by atoms with Gasteiger partial charge >= 0.3 is 0 Å². The lowest BCUT2D eigenvalue weighted by Gasteiger charge is -2.35. The second kappa shape index (κ2) is 6.26. The maximum Gasteiger partial charge on any atom is 0.246 e. The first-order valence-corrected chi connectivity index (χ1v) is 9.65. The van der Waals surface area contributed by atoms with E-state index in [1.165, 1.54) is 0 Å². The fraction of sp³-hybridized carbons (Fsp3) is 0.400. The third-order valence-electron chi connectivity index (χ3n) is 4.09. The molecule has 1 saturated heterocycles. The Morgan fingerprint density at radius 3 is 2.22 bits per heavy atom. The van der Waals surface area contributed by atoms with Crippen molar-refractivity contribution in [3.63, 3.8) is 0 Å². The van der Waals surface area contributed by atoms with E-state index < -0.39 is 10.0 Å². The van der Waals surface area contributed by atoms with Gasteiger partial charge in [-0.2, -0.15) is 9.40 Å². The fourth-order valence-corrected chi connectivity index (χ4v) is 4.91. The molecular weight excluding hydrogens is 380 g/mol. The Labute approximate surface area is 144 Å². The summed E-state index contributed by atoms with van der Waals surface area (Å²) in [4.78, 5) is 2.52. The van der Waals surface area contributed by atoms with Gasteiger partial charge in [0.15, 0.2) is 0 Å². The van der Waals surface area contributed by atoms with Crippen LogP contribution in [0.1, 0.15) is 11.4 Å². The smallest absolute Gasteiger partial charge is 0.246 e. The summed E-state index contributed by atoms with van der Waals surface area (Å²) in [6, 6.07) is 8.07. The number of hydrogen-bond donors (Lipinski definition) is 1. The number of nitrogens with zero attached hydrogens (tertiary/aromatic N) is 3. The molecule has 6 nitrogen and oxygen atoms in total. The monoisotopic (exact) mass is 398 g/mol. The number of sulfonamides is 1. The van der Waals surface area contributed by atoms with Crippen molar-refractivity contribution in [2.45, 2.75) is 18.7 Å². The number of aromatic nitrogens is 2. The third kappa shape index (κ3) is 3.15. The van der Waals surface area contributed by atoms with Crippen LogP contribution in [0, 0.1) is 13.8 Å². The van der Waals surface area contributed by atoms with Crippen molar-refractivity contribution < 1.29 is 8.42 Å². The molecule has 124 valence electrons. The van der Waals surface area contributed by atoms with Crippen molar-refractivity contribution in [3.8, 4) is 0 Å². The number of aryl methyl sites for hydroxylation is 2. The molecule has 1 aliphatic heterocycles. The minimum absolute atomic E-state index is 0.314. The molecule has 2 heterocycles. The topological polar surface area (TPSA) is 69.3 Å². The molecule has 1 fully saturated rings. The number of hydrogen-bond acceptors (Lipinski definition) is 4. The summed E-state index contributed by atoms with van der Waals surface area (Å²) in [7, 11) is -3.49. The molecule has 0 saturated carbocycles. The van der Waals surface area contributed by atoms with Gasteiger partial charge in [-0.25, -0.2) is 8.42 Å². The van der Waals surface area contributed by atoms with Crippen LogP contribution in [0.25, 0.3) is 0 Å². The summed E-state index contributed by atoms with van der Waals surface area (Å²) in [5.41, 5.74) is 2.23. The van der Waals surface area contributed by atoms with E-state index in [2.05, 4.69) is 31.0 Å². The highest BCUT2D eigenvalue weighted by Gasteiger charge is 2.32. The van der Waals surface area contributed by atoms with Gasteiger partial charge < -0.3 is 4.90 Å². The molecule has 1 aromatic heterocycles. The lowest BCUT2D eigenvalue weighted by atomic mass is 10.2. The Morgan fingerprint density at radius 2 is 1.70 bits per heavy atom. The van der Waals surface area contributed by atoms with Crippen LogP contribution in [-0.2, 0) is 10.0 Å². The Balaban J connectivity index is 1.75. The zero-order valence-electron chi connectivity index (χ0n) is 13.1. The number of halogens is 1. The molecule has 2 aromatic rings. The molecule has 0 unspecified atom stereocenters. The number of benzene rings is 1. The van der Waals surface area contributed by atoms with Crippen LogP contribution in [0.4, 0.5) is 5.69 Å². The predicted molar refractivity (Wildman–Crippen MR) is 93.2 cm³/mol. The predicted octanol–water partition coefficient (Wildman–Crippen LogP) is 2.30. The maximum atomic E-state index is 12.8. The number of nitrogens with one attached hydrogen (secondary N) is 1. The SMILES string of the molecule is Cc1n[nH]c(C)c1S(=O)(=O)N1CCN(c2ccc(Br)cc2)CC1. The summed E-state index contributed by atoms with van der Waals surface area (Å²) in [5.74, 6) is 0. The second-order valence-electron chi connectivity index (χ2n) is 5.63. The minimum Gasteiger partial charge on any atom is -0.369 e. The Morgan fingerprint density at radius 1 is 1.09 bits per heavy atom. The van der Waals surface area contributed by atoms with Crippen molar-refractivity contribution in [3.05, 3.63) is 40.1 Å². The lowest BCUT2D eigenvalue weighted by Crippen LogP contribution is -2.48. The molecule has 0 spiro atoms. The zero-order valence-corrected chi connectivity index (χ0v) is 15.5. The summed E-state index contributed by atoms with van der Waals surface area (Å²) >= 11 is 3.43. The zero-order chi connectivity index (χ0) is 16.6. The summed E-state index contributed by atoms with van der Waals surface area (Å²) < 4.78 is 28.2. The van der Waals surface area contributed by atoms with Crippen LogP contribution in [0.15, 0.2) is 33.6 Å². The van der Waals surface area contributed by atoms with Gasteiger partial charge in [-0.1, -0.05) is 15.9 Å². The van der Waals surface area contributed by atoms with E-state index in [-0.39, 0.29) is 0 Å². The minimum atomic E-state index is -3.49.